The highest BCUT2D eigenvalue weighted by atomic mass is 35.5. The lowest BCUT2D eigenvalue weighted by Gasteiger charge is -2.35. The summed E-state index contributed by atoms with van der Waals surface area (Å²) in [7, 11) is 0. The van der Waals surface area contributed by atoms with E-state index >= 15 is 0 Å². The number of para-hydroxylation sites is 1. The van der Waals surface area contributed by atoms with E-state index in [1.165, 1.54) is 6.07 Å². The van der Waals surface area contributed by atoms with E-state index in [0.717, 1.165) is 49.3 Å². The number of nitrogens with zero attached hydrogens (tertiary/aromatic N) is 4. The fourth-order valence-electron chi connectivity index (χ4n) is 3.34. The number of imidazole rings is 1. The van der Waals surface area contributed by atoms with Crippen molar-refractivity contribution in [1.29, 1.82) is 0 Å². The van der Waals surface area contributed by atoms with Crippen LogP contribution in [-0.2, 0) is 6.54 Å². The fraction of sp³-hybridized carbons (Fsp3) is 0.250. The monoisotopic (exact) mass is 370 g/mol. The van der Waals surface area contributed by atoms with Gasteiger partial charge in [-0.25, -0.2) is 9.37 Å². The van der Waals surface area contributed by atoms with Gasteiger partial charge in [-0.05, 0) is 23.8 Å². The number of piperazine rings is 1. The topological polar surface area (TPSA) is 24.3 Å². The Morgan fingerprint density at radius 3 is 2.46 bits per heavy atom. The molecule has 1 aliphatic heterocycles. The molecule has 3 aromatic rings. The summed E-state index contributed by atoms with van der Waals surface area (Å²) >= 11 is 6.27. The van der Waals surface area contributed by atoms with Crippen LogP contribution in [0.5, 0.6) is 0 Å². The van der Waals surface area contributed by atoms with Gasteiger partial charge in [-0.3, -0.25) is 9.47 Å². The first-order chi connectivity index (χ1) is 12.7. The first kappa shape index (κ1) is 17.1. The van der Waals surface area contributed by atoms with Crippen LogP contribution in [0.3, 0.4) is 0 Å². The smallest absolute Gasteiger partial charge is 0.210 e. The molecule has 0 radical (unpaired) electrons. The van der Waals surface area contributed by atoms with E-state index in [4.69, 9.17) is 11.6 Å². The average Bonchev–Trinajstić information content (AvgIpc) is 3.14. The van der Waals surface area contributed by atoms with Gasteiger partial charge >= 0.3 is 0 Å². The van der Waals surface area contributed by atoms with Crippen molar-refractivity contribution in [3.8, 4) is 5.69 Å². The Balaban J connectivity index is 1.46. The van der Waals surface area contributed by atoms with Gasteiger partial charge in [-0.15, -0.1) is 0 Å². The molecule has 134 valence electrons. The first-order valence-corrected chi connectivity index (χ1v) is 9.09. The molecule has 0 saturated carbocycles. The van der Waals surface area contributed by atoms with Crippen LogP contribution in [0.4, 0.5) is 10.3 Å². The van der Waals surface area contributed by atoms with E-state index in [9.17, 15) is 4.39 Å². The first-order valence-electron chi connectivity index (χ1n) is 8.71. The summed E-state index contributed by atoms with van der Waals surface area (Å²) < 4.78 is 16.0. The van der Waals surface area contributed by atoms with Gasteiger partial charge in [0.2, 0.25) is 5.95 Å². The summed E-state index contributed by atoms with van der Waals surface area (Å²) in [4.78, 5) is 9.05. The van der Waals surface area contributed by atoms with Crippen LogP contribution < -0.4 is 4.90 Å². The molecule has 1 aromatic heterocycles. The molecule has 1 saturated heterocycles. The Kier molecular flexibility index (Phi) is 4.91. The Bertz CT molecular complexity index is 887. The number of anilines is 1. The molecule has 4 rings (SSSR count). The lowest BCUT2D eigenvalue weighted by atomic mass is 10.2. The summed E-state index contributed by atoms with van der Waals surface area (Å²) in [6.07, 6.45) is 3.53. The molecule has 0 unspecified atom stereocenters. The van der Waals surface area contributed by atoms with Crippen LogP contribution in [0.25, 0.3) is 5.69 Å². The zero-order valence-electron chi connectivity index (χ0n) is 14.4. The van der Waals surface area contributed by atoms with Crippen molar-refractivity contribution in [2.24, 2.45) is 0 Å². The number of rotatable bonds is 4. The van der Waals surface area contributed by atoms with Crippen LogP contribution in [0, 0.1) is 5.82 Å². The van der Waals surface area contributed by atoms with Crippen LogP contribution >= 0.6 is 11.6 Å². The standard InChI is InChI=1S/C20H20ClFN4/c21-17-6-2-1-5-16(17)15-24-11-13-25(14-12-24)20-23-9-10-26(20)19-8-4-3-7-18(19)22/h1-10H,11-15H2. The molecule has 26 heavy (non-hydrogen) atoms. The molecule has 1 fully saturated rings. The number of aromatic nitrogens is 2. The van der Waals surface area contributed by atoms with Crippen LogP contribution in [0.1, 0.15) is 5.56 Å². The largest absolute Gasteiger partial charge is 0.339 e. The van der Waals surface area contributed by atoms with Gasteiger partial charge in [-0.2, -0.15) is 0 Å². The SMILES string of the molecule is Fc1ccccc1-n1ccnc1N1CCN(Cc2ccccc2Cl)CC1. The maximum Gasteiger partial charge on any atom is 0.210 e. The van der Waals surface area contributed by atoms with Crippen molar-refractivity contribution in [1.82, 2.24) is 14.5 Å². The molecule has 2 heterocycles. The molecule has 0 bridgehead atoms. The Hall–Kier alpha value is -2.37. The van der Waals surface area contributed by atoms with Gasteiger partial charge in [0.25, 0.3) is 0 Å². The number of halogens is 2. The summed E-state index contributed by atoms with van der Waals surface area (Å²) in [5, 5.41) is 0.810. The summed E-state index contributed by atoms with van der Waals surface area (Å²) in [5.41, 5.74) is 1.67. The van der Waals surface area contributed by atoms with Crippen LogP contribution in [0.15, 0.2) is 60.9 Å². The lowest BCUT2D eigenvalue weighted by Crippen LogP contribution is -2.46. The summed E-state index contributed by atoms with van der Waals surface area (Å²) in [6, 6.07) is 14.7. The molecule has 4 nitrogen and oxygen atoms in total. The molecular formula is C20H20ClFN4. The summed E-state index contributed by atoms with van der Waals surface area (Å²) in [6.45, 7) is 4.35. The Morgan fingerprint density at radius 2 is 1.69 bits per heavy atom. The molecule has 2 aromatic carbocycles. The van der Waals surface area contributed by atoms with Gasteiger partial charge in [0.1, 0.15) is 5.82 Å². The van der Waals surface area contributed by atoms with Gasteiger partial charge in [0, 0.05) is 50.1 Å². The van der Waals surface area contributed by atoms with E-state index in [2.05, 4.69) is 20.9 Å². The third-order valence-corrected chi connectivity index (χ3v) is 5.11. The third-order valence-electron chi connectivity index (χ3n) is 4.74. The molecule has 0 N–H and O–H groups in total. The zero-order valence-corrected chi connectivity index (χ0v) is 15.1. The Labute approximate surface area is 157 Å². The molecule has 1 aliphatic rings. The molecule has 0 spiro atoms. The van der Waals surface area contributed by atoms with Crippen molar-refractivity contribution in [3.63, 3.8) is 0 Å². The molecule has 0 amide bonds. The van der Waals surface area contributed by atoms with E-state index < -0.39 is 0 Å². The maximum absolute atomic E-state index is 14.2. The summed E-state index contributed by atoms with van der Waals surface area (Å²) in [5.74, 6) is 0.539. The maximum atomic E-state index is 14.2. The van der Waals surface area contributed by atoms with Crippen molar-refractivity contribution in [3.05, 3.63) is 77.3 Å². The normalized spacial score (nSPS) is 15.4. The second kappa shape index (κ2) is 7.48. The predicted octanol–water partition coefficient (Wildman–Crippen LogP) is 3.99. The highest BCUT2D eigenvalue weighted by Gasteiger charge is 2.22. The highest BCUT2D eigenvalue weighted by molar-refractivity contribution is 6.31. The quantitative estimate of drug-likeness (QED) is 0.694. The van der Waals surface area contributed by atoms with E-state index in [1.807, 2.05) is 35.0 Å². The van der Waals surface area contributed by atoms with Crippen LogP contribution in [-0.4, -0.2) is 40.6 Å². The molecule has 6 heteroatoms. The van der Waals surface area contributed by atoms with Gasteiger partial charge in [0.15, 0.2) is 0 Å². The van der Waals surface area contributed by atoms with E-state index in [-0.39, 0.29) is 5.82 Å². The second-order valence-electron chi connectivity index (χ2n) is 6.40. The highest BCUT2D eigenvalue weighted by Crippen LogP contribution is 2.23. The third kappa shape index (κ3) is 3.45. The van der Waals surface area contributed by atoms with E-state index in [1.54, 1.807) is 18.3 Å². The molecular weight excluding hydrogens is 351 g/mol. The zero-order chi connectivity index (χ0) is 17.9. The van der Waals surface area contributed by atoms with Gasteiger partial charge < -0.3 is 4.90 Å². The predicted molar refractivity (Wildman–Crippen MR) is 102 cm³/mol. The lowest BCUT2D eigenvalue weighted by molar-refractivity contribution is 0.248. The average molecular weight is 371 g/mol. The molecule has 0 atom stereocenters. The minimum Gasteiger partial charge on any atom is -0.339 e. The minimum absolute atomic E-state index is 0.246. The van der Waals surface area contributed by atoms with E-state index in [0.29, 0.717) is 5.69 Å². The number of hydrogen-bond donors (Lipinski definition) is 0. The van der Waals surface area contributed by atoms with Crippen molar-refractivity contribution >= 4 is 17.5 Å². The van der Waals surface area contributed by atoms with Crippen molar-refractivity contribution < 1.29 is 4.39 Å². The van der Waals surface area contributed by atoms with Gasteiger partial charge in [0.05, 0.1) is 5.69 Å². The van der Waals surface area contributed by atoms with Crippen molar-refractivity contribution in [2.45, 2.75) is 6.54 Å². The van der Waals surface area contributed by atoms with Gasteiger partial charge in [-0.1, -0.05) is 41.9 Å². The second-order valence-corrected chi connectivity index (χ2v) is 6.81. The fourth-order valence-corrected chi connectivity index (χ4v) is 3.53. The molecule has 0 aliphatic carbocycles. The van der Waals surface area contributed by atoms with Crippen molar-refractivity contribution in [2.75, 3.05) is 31.1 Å². The number of hydrogen-bond acceptors (Lipinski definition) is 3. The minimum atomic E-state index is -0.246. The number of benzene rings is 2. The Morgan fingerprint density at radius 1 is 0.962 bits per heavy atom. The van der Waals surface area contributed by atoms with Crippen LogP contribution in [0.2, 0.25) is 5.02 Å².